The van der Waals surface area contributed by atoms with Crippen molar-refractivity contribution in [3.63, 3.8) is 0 Å². The van der Waals surface area contributed by atoms with E-state index in [1.807, 2.05) is 101 Å². The molecule has 4 unspecified atom stereocenters. The third-order valence-electron chi connectivity index (χ3n) is 15.0. The number of benzene rings is 2. The molecule has 5 atom stereocenters. The van der Waals surface area contributed by atoms with Gasteiger partial charge < -0.3 is 49.1 Å². The molecule has 4 heterocycles. The average molecular weight is 1270 g/mol. The van der Waals surface area contributed by atoms with Crippen molar-refractivity contribution in [1.29, 1.82) is 0 Å². The lowest BCUT2D eigenvalue weighted by Gasteiger charge is -2.38. The quantitative estimate of drug-likeness (QED) is 0.0207. The zero-order valence-corrected chi connectivity index (χ0v) is 59.9. The molecule has 0 saturated carbocycles. The number of amides is 1. The summed E-state index contributed by atoms with van der Waals surface area (Å²) in [6, 6.07) is 17.6. The van der Waals surface area contributed by atoms with E-state index in [-0.39, 0.29) is 35.4 Å². The van der Waals surface area contributed by atoms with Gasteiger partial charge in [-0.05, 0) is 112 Å². The fourth-order valence-electron chi connectivity index (χ4n) is 9.48. The van der Waals surface area contributed by atoms with Gasteiger partial charge in [-0.1, -0.05) is 114 Å². The van der Waals surface area contributed by atoms with Crippen LogP contribution >= 0.6 is 24.4 Å². The summed E-state index contributed by atoms with van der Waals surface area (Å²) in [7, 11) is 3.41. The monoisotopic (exact) mass is 1260 g/mol. The standard InChI is InChI=1S/C48H72N6O4S.C7H13NO2.C5H10O.C3H7N.C3H6.2C2H6.CH4S/c1-7-8-10-39-32-43(59-6)35-54(34-39)47-33-45(38(5)40-12-14-41(15-13-40)53-23-27-57-28-24-53)49-46(50-47)11-9-25-56-29-30-58-26-22-51-18-20-52(21-19-51)42-16-17-44(37(4)31-42)48(55)36(2)3;1-6(4-3-5-9)7(10)8-2;1-3-5(2)4-6;1-3-4-2;1-3-2;3*1-2/h12-17,31,33,36,38-39,43H,7-11,18-30,32,34-35H2,1-6H3;5-6H,3-4H2,1-2H3,(H,8,10);4-5H,3H2,1-2H3;3-4H,1H2,2H3;3H,1H2,2H3;2*1-2H3;2H,1H3/t38?,39-,43?;;;;;;;/m0......./s1. The van der Waals surface area contributed by atoms with Crippen molar-refractivity contribution in [2.45, 2.75) is 159 Å². The van der Waals surface area contributed by atoms with Crippen LogP contribution in [0.3, 0.4) is 0 Å². The number of unbranched alkanes of at least 4 members (excludes halogenated alkanes) is 1. The number of aldehydes is 2. The number of anilines is 3. The molecule has 0 aliphatic carbocycles. The molecule has 6 rings (SSSR count). The van der Waals surface area contributed by atoms with Crippen molar-refractivity contribution in [1.82, 2.24) is 25.5 Å². The maximum Gasteiger partial charge on any atom is 0.222 e. The van der Waals surface area contributed by atoms with E-state index in [4.69, 9.17) is 24.2 Å². The van der Waals surface area contributed by atoms with E-state index in [9.17, 15) is 19.2 Å². The second-order valence-electron chi connectivity index (χ2n) is 21.8. The molecule has 2 N–H and O–H groups in total. The van der Waals surface area contributed by atoms with E-state index < -0.39 is 0 Å². The molecular formula is C71H124N8O7S2. The molecule has 2 aromatic carbocycles. The fourth-order valence-corrected chi connectivity index (χ4v) is 10.3. The van der Waals surface area contributed by atoms with Crippen LogP contribution < -0.4 is 25.3 Å². The summed E-state index contributed by atoms with van der Waals surface area (Å²) < 4.78 is 17.6. The number of carbonyl (C=O) groups excluding carboxylic acids is 4. The number of thioether (sulfide) groups is 1. The maximum atomic E-state index is 12.5. The molecule has 3 aliphatic heterocycles. The first-order valence-electron chi connectivity index (χ1n) is 32.8. The fraction of sp³-hybridized carbons (Fsp3) is 0.662. The van der Waals surface area contributed by atoms with Gasteiger partial charge >= 0.3 is 0 Å². The summed E-state index contributed by atoms with van der Waals surface area (Å²) in [5.74, 6) is 3.31. The molecule has 17 heteroatoms. The zero-order valence-electron chi connectivity index (χ0n) is 58.2. The number of piperidine rings is 1. The molecular weight excluding hydrogens is 1140 g/mol. The Morgan fingerprint density at radius 1 is 0.807 bits per heavy atom. The highest BCUT2D eigenvalue weighted by atomic mass is 32.2. The highest BCUT2D eigenvalue weighted by Crippen LogP contribution is 2.33. The van der Waals surface area contributed by atoms with Crippen molar-refractivity contribution in [3.8, 4) is 0 Å². The number of ketones is 1. The van der Waals surface area contributed by atoms with Crippen LogP contribution in [0.15, 0.2) is 74.0 Å². The van der Waals surface area contributed by atoms with Gasteiger partial charge in [-0.15, -0.1) is 6.58 Å². The van der Waals surface area contributed by atoms with E-state index in [2.05, 4.69) is 119 Å². The first-order valence-corrected chi connectivity index (χ1v) is 35.0. The van der Waals surface area contributed by atoms with Gasteiger partial charge in [0.1, 0.15) is 24.2 Å². The Kier molecular flexibility index (Phi) is 53.4. The molecule has 1 aromatic heterocycles. The molecule has 88 heavy (non-hydrogen) atoms. The van der Waals surface area contributed by atoms with Gasteiger partial charge in [0.05, 0.1) is 38.7 Å². The number of aromatic nitrogens is 2. The number of morpholine rings is 1. The molecule has 3 saturated heterocycles. The van der Waals surface area contributed by atoms with E-state index in [0.29, 0.717) is 50.4 Å². The van der Waals surface area contributed by atoms with Gasteiger partial charge in [0.25, 0.3) is 0 Å². The van der Waals surface area contributed by atoms with E-state index in [1.165, 1.54) is 42.6 Å². The molecule has 502 valence electrons. The summed E-state index contributed by atoms with van der Waals surface area (Å²) >= 11 is 5.53. The lowest BCUT2D eigenvalue weighted by atomic mass is 9.92. The first-order chi connectivity index (χ1) is 42.6. The molecule has 3 aliphatic rings. The number of nitrogens with one attached hydrogen (secondary N) is 2. The van der Waals surface area contributed by atoms with E-state index in [0.717, 1.165) is 132 Å². The minimum absolute atomic E-state index is 0.00171. The number of nitrogens with zero attached hydrogens (tertiary/aromatic N) is 6. The van der Waals surface area contributed by atoms with Crippen LogP contribution in [0.1, 0.15) is 173 Å². The Hall–Kier alpha value is -4.78. The van der Waals surface area contributed by atoms with Crippen LogP contribution in [0, 0.1) is 30.6 Å². The highest BCUT2D eigenvalue weighted by molar-refractivity contribution is 7.99. The topological polar surface area (TPSA) is 159 Å². The number of hydrogen-bond acceptors (Lipinski definition) is 16. The SMILES string of the molecule is C=CC.C=CNC.CC.CC.CCC(C)C=O.CCCC[C@H]1CC(SC)CN(c2cc(C(C)c3ccc(N4CCOCC4)cc3)nc(CCCOCCOCCN3CCN(c4ccc(C(=O)C(C)C)c(C)c4)CC3)n2)C1.CNC(=O)C(C)CCC=O.CS. The number of rotatable bonds is 28. The molecule has 15 nitrogen and oxygen atoms in total. The van der Waals surface area contributed by atoms with Gasteiger partial charge in [-0.3, -0.25) is 14.5 Å². The normalized spacial score (nSPS) is 16.1. The summed E-state index contributed by atoms with van der Waals surface area (Å²) in [6.07, 6.45) is 18.0. The van der Waals surface area contributed by atoms with Gasteiger partial charge in [-0.2, -0.15) is 24.4 Å². The van der Waals surface area contributed by atoms with Gasteiger partial charge in [0.15, 0.2) is 5.78 Å². The molecule has 3 aromatic rings. The maximum absolute atomic E-state index is 12.5. The minimum Gasteiger partial charge on any atom is -0.394 e. The van der Waals surface area contributed by atoms with Crippen molar-refractivity contribution in [2.24, 2.45) is 23.7 Å². The third kappa shape index (κ3) is 35.6. The van der Waals surface area contributed by atoms with Crippen molar-refractivity contribution in [2.75, 3.05) is 140 Å². The zero-order chi connectivity index (χ0) is 66.7. The lowest BCUT2D eigenvalue weighted by molar-refractivity contribution is -0.124. The van der Waals surface area contributed by atoms with Crippen LogP contribution in [-0.2, 0) is 35.0 Å². The van der Waals surface area contributed by atoms with Crippen LogP contribution in [0.4, 0.5) is 17.2 Å². The Balaban J connectivity index is 0. The number of allylic oxidation sites excluding steroid dienone is 1. The van der Waals surface area contributed by atoms with E-state index >= 15 is 0 Å². The van der Waals surface area contributed by atoms with Crippen LogP contribution in [0.5, 0.6) is 0 Å². The number of Topliss-reactive ketones (excluding diaryl/α,β-unsaturated/α-hetero) is 1. The molecule has 3 fully saturated rings. The Labute approximate surface area is 546 Å². The Morgan fingerprint density at radius 2 is 1.40 bits per heavy atom. The number of piperazine rings is 1. The number of carbonyl (C=O) groups is 4. The first kappa shape index (κ1) is 85.3. The second kappa shape index (κ2) is 55.1. The summed E-state index contributed by atoms with van der Waals surface area (Å²) in [5.41, 5.74) is 6.76. The Bertz CT molecular complexity index is 2240. The average Bonchev–Trinajstić information content (AvgIpc) is 2.44. The Morgan fingerprint density at radius 3 is 1.91 bits per heavy atom. The minimum atomic E-state index is -0.0461. The lowest BCUT2D eigenvalue weighted by Crippen LogP contribution is -2.47. The number of hydrogen-bond donors (Lipinski definition) is 3. The van der Waals surface area contributed by atoms with Gasteiger partial charge in [0.2, 0.25) is 5.91 Å². The molecule has 0 spiro atoms. The highest BCUT2D eigenvalue weighted by Gasteiger charge is 2.29. The summed E-state index contributed by atoms with van der Waals surface area (Å²) in [6.45, 7) is 45.9. The predicted molar refractivity (Wildman–Crippen MR) is 382 cm³/mol. The predicted octanol–water partition coefficient (Wildman–Crippen LogP) is 13.9. The van der Waals surface area contributed by atoms with Gasteiger partial charge in [-0.25, -0.2) is 9.97 Å². The summed E-state index contributed by atoms with van der Waals surface area (Å²) in [4.78, 5) is 63.2. The van der Waals surface area contributed by atoms with Crippen LogP contribution in [-0.4, -0.2) is 170 Å². The molecule has 1 amide bonds. The summed E-state index contributed by atoms with van der Waals surface area (Å²) in [5, 5.41) is 5.84. The smallest absolute Gasteiger partial charge is 0.222 e. The van der Waals surface area contributed by atoms with Crippen LogP contribution in [0.25, 0.3) is 0 Å². The number of aryl methyl sites for hydroxylation is 2. The van der Waals surface area contributed by atoms with Crippen molar-refractivity contribution in [3.05, 3.63) is 102 Å². The molecule has 0 bridgehead atoms. The van der Waals surface area contributed by atoms with E-state index in [1.54, 1.807) is 25.6 Å². The van der Waals surface area contributed by atoms with Gasteiger partial charge in [0, 0.05) is 144 Å². The largest absolute Gasteiger partial charge is 0.394 e. The van der Waals surface area contributed by atoms with Crippen LogP contribution in [0.2, 0.25) is 0 Å². The van der Waals surface area contributed by atoms with Crippen molar-refractivity contribution < 1.29 is 33.4 Å². The van der Waals surface area contributed by atoms with Crippen molar-refractivity contribution >= 4 is 65.8 Å². The third-order valence-corrected chi connectivity index (χ3v) is 16.0. The molecule has 0 radical (unpaired) electrons. The second-order valence-corrected chi connectivity index (χ2v) is 23.0. The number of ether oxygens (including phenoxy) is 3. The number of thiol groups is 1.